The first-order chi connectivity index (χ1) is 10.0. The van der Waals surface area contributed by atoms with E-state index in [1.54, 1.807) is 0 Å². The lowest BCUT2D eigenvalue weighted by atomic mass is 9.84. The van der Waals surface area contributed by atoms with Gasteiger partial charge in [-0.25, -0.2) is 4.79 Å². The highest BCUT2D eigenvalue weighted by molar-refractivity contribution is 5.77. The number of carboxylic acid groups (broad SMARTS) is 1. The van der Waals surface area contributed by atoms with Crippen LogP contribution in [0.3, 0.4) is 0 Å². The second-order valence-corrected chi connectivity index (χ2v) is 5.88. The number of carbonyl (C=O) groups is 1. The molecule has 0 saturated carbocycles. The van der Waals surface area contributed by atoms with Gasteiger partial charge in [0, 0.05) is 0 Å². The van der Waals surface area contributed by atoms with Gasteiger partial charge in [-0.2, -0.15) is 0 Å². The molecule has 3 N–H and O–H groups in total. The molecule has 1 unspecified atom stereocenters. The van der Waals surface area contributed by atoms with E-state index in [-0.39, 0.29) is 0 Å². The third-order valence-corrected chi connectivity index (χ3v) is 4.69. The van der Waals surface area contributed by atoms with Crippen molar-refractivity contribution in [1.82, 2.24) is 0 Å². The lowest BCUT2D eigenvalue weighted by Crippen LogP contribution is -2.43. The Morgan fingerprint density at radius 1 is 1.38 bits per heavy atom. The van der Waals surface area contributed by atoms with E-state index >= 15 is 0 Å². The van der Waals surface area contributed by atoms with Crippen molar-refractivity contribution in [2.75, 3.05) is 6.54 Å². The van der Waals surface area contributed by atoms with Crippen LogP contribution in [0, 0.1) is 5.92 Å². The Morgan fingerprint density at radius 3 is 2.67 bits per heavy atom. The summed E-state index contributed by atoms with van der Waals surface area (Å²) in [5.74, 6) is 0.275. The molecule has 4 nitrogen and oxygen atoms in total. The van der Waals surface area contributed by atoms with E-state index < -0.39 is 11.6 Å². The third kappa shape index (κ3) is 3.21. The van der Waals surface area contributed by atoms with Crippen molar-refractivity contribution in [3.8, 4) is 5.75 Å². The zero-order chi connectivity index (χ0) is 15.5. The molecule has 0 fully saturated rings. The van der Waals surface area contributed by atoms with Crippen molar-refractivity contribution in [3.05, 3.63) is 29.3 Å². The average Bonchev–Trinajstić information content (AvgIpc) is 2.51. The smallest absolute Gasteiger partial charge is 0.348 e. The van der Waals surface area contributed by atoms with Gasteiger partial charge in [-0.3, -0.25) is 0 Å². The SMILES string of the molecule is CCC(CC)(Oc1ccc2c(c1)CC(CN)CC2)C(=O)O. The van der Waals surface area contributed by atoms with Crippen LogP contribution in [0.1, 0.15) is 44.2 Å². The molecule has 0 heterocycles. The van der Waals surface area contributed by atoms with Gasteiger partial charge in [0.25, 0.3) is 0 Å². The van der Waals surface area contributed by atoms with E-state index in [0.29, 0.717) is 31.1 Å². The van der Waals surface area contributed by atoms with Gasteiger partial charge < -0.3 is 15.6 Å². The van der Waals surface area contributed by atoms with Gasteiger partial charge in [0.15, 0.2) is 0 Å². The molecule has 0 aromatic heterocycles. The van der Waals surface area contributed by atoms with Crippen molar-refractivity contribution in [2.45, 2.75) is 51.6 Å². The third-order valence-electron chi connectivity index (χ3n) is 4.69. The lowest BCUT2D eigenvalue weighted by Gasteiger charge is -2.29. The highest BCUT2D eigenvalue weighted by Crippen LogP contribution is 2.31. The molecular formula is C17H25NO3. The number of aliphatic carboxylic acids is 1. The summed E-state index contributed by atoms with van der Waals surface area (Å²) in [5.41, 5.74) is 7.23. The maximum atomic E-state index is 11.5. The number of nitrogens with two attached hydrogens (primary N) is 1. The van der Waals surface area contributed by atoms with Crippen LogP contribution in [0.4, 0.5) is 0 Å². The van der Waals surface area contributed by atoms with Gasteiger partial charge in [0.05, 0.1) is 0 Å². The van der Waals surface area contributed by atoms with Crippen LogP contribution in [0.15, 0.2) is 18.2 Å². The lowest BCUT2D eigenvalue weighted by molar-refractivity contribution is -0.156. The van der Waals surface area contributed by atoms with Gasteiger partial charge in [0.1, 0.15) is 5.75 Å². The molecule has 1 aromatic carbocycles. The molecule has 0 aliphatic heterocycles. The van der Waals surface area contributed by atoms with E-state index in [1.807, 2.05) is 26.0 Å². The number of aryl methyl sites for hydroxylation is 1. The Balaban J connectivity index is 2.24. The molecule has 0 radical (unpaired) electrons. The van der Waals surface area contributed by atoms with Crippen LogP contribution in [0.5, 0.6) is 5.75 Å². The molecule has 0 saturated heterocycles. The zero-order valence-corrected chi connectivity index (χ0v) is 12.9. The second kappa shape index (κ2) is 6.48. The summed E-state index contributed by atoms with van der Waals surface area (Å²) in [5, 5.41) is 9.46. The number of hydrogen-bond acceptors (Lipinski definition) is 3. The Hall–Kier alpha value is -1.55. The maximum absolute atomic E-state index is 11.5. The Labute approximate surface area is 126 Å². The largest absolute Gasteiger partial charge is 0.478 e. The van der Waals surface area contributed by atoms with Crippen LogP contribution in [-0.2, 0) is 17.6 Å². The van der Waals surface area contributed by atoms with Crippen molar-refractivity contribution in [2.24, 2.45) is 11.7 Å². The molecule has 0 amide bonds. The van der Waals surface area contributed by atoms with E-state index in [1.165, 1.54) is 11.1 Å². The molecular weight excluding hydrogens is 266 g/mol. The fraction of sp³-hybridized carbons (Fsp3) is 0.588. The number of ether oxygens (including phenoxy) is 1. The minimum absolute atomic E-state index is 0.446. The molecule has 1 aliphatic carbocycles. The predicted molar refractivity (Wildman–Crippen MR) is 82.6 cm³/mol. The first kappa shape index (κ1) is 15.8. The van der Waals surface area contributed by atoms with E-state index in [0.717, 1.165) is 19.3 Å². The highest BCUT2D eigenvalue weighted by Gasteiger charge is 2.37. The summed E-state index contributed by atoms with van der Waals surface area (Å²) in [6.45, 7) is 4.40. The minimum Gasteiger partial charge on any atom is -0.478 e. The summed E-state index contributed by atoms with van der Waals surface area (Å²) in [6, 6.07) is 5.96. The van der Waals surface area contributed by atoms with Crippen LogP contribution in [0.2, 0.25) is 0 Å². The van der Waals surface area contributed by atoms with Crippen molar-refractivity contribution >= 4 is 5.97 Å². The van der Waals surface area contributed by atoms with E-state index in [9.17, 15) is 9.90 Å². The predicted octanol–water partition coefficient (Wildman–Crippen LogP) is 2.77. The summed E-state index contributed by atoms with van der Waals surface area (Å²) >= 11 is 0. The quantitative estimate of drug-likeness (QED) is 0.845. The number of fused-ring (bicyclic) bond motifs is 1. The van der Waals surface area contributed by atoms with Crippen LogP contribution in [0.25, 0.3) is 0 Å². The average molecular weight is 291 g/mol. The topological polar surface area (TPSA) is 72.5 Å². The zero-order valence-electron chi connectivity index (χ0n) is 12.9. The second-order valence-electron chi connectivity index (χ2n) is 5.88. The standard InChI is InChI=1S/C17H25NO3/c1-3-17(4-2,16(19)20)21-15-8-7-13-6-5-12(11-18)9-14(13)10-15/h7-8,10,12H,3-6,9,11,18H2,1-2H3,(H,19,20). The Morgan fingerprint density at radius 2 is 2.10 bits per heavy atom. The highest BCUT2D eigenvalue weighted by atomic mass is 16.5. The normalized spacial score (nSPS) is 18.1. The molecule has 1 aromatic rings. The van der Waals surface area contributed by atoms with Gasteiger partial charge in [-0.15, -0.1) is 0 Å². The summed E-state index contributed by atoms with van der Waals surface area (Å²) < 4.78 is 5.87. The van der Waals surface area contributed by atoms with Gasteiger partial charge in [0.2, 0.25) is 5.60 Å². The number of hydrogen-bond donors (Lipinski definition) is 2. The molecule has 1 aliphatic rings. The maximum Gasteiger partial charge on any atom is 0.348 e. The monoisotopic (exact) mass is 291 g/mol. The molecule has 0 bridgehead atoms. The number of benzene rings is 1. The first-order valence-corrected chi connectivity index (χ1v) is 7.79. The Kier molecular flexibility index (Phi) is 4.88. The van der Waals surface area contributed by atoms with Crippen LogP contribution >= 0.6 is 0 Å². The summed E-state index contributed by atoms with van der Waals surface area (Å²) in [4.78, 5) is 11.5. The molecule has 0 spiro atoms. The number of rotatable bonds is 6. The number of carboxylic acids is 1. The van der Waals surface area contributed by atoms with Crippen molar-refractivity contribution in [3.63, 3.8) is 0 Å². The summed E-state index contributed by atoms with van der Waals surface area (Å²) in [7, 11) is 0. The fourth-order valence-corrected chi connectivity index (χ4v) is 3.04. The Bertz CT molecular complexity index is 509. The molecule has 4 heteroatoms. The molecule has 116 valence electrons. The van der Waals surface area contributed by atoms with Crippen LogP contribution < -0.4 is 10.5 Å². The van der Waals surface area contributed by atoms with Crippen molar-refractivity contribution < 1.29 is 14.6 Å². The van der Waals surface area contributed by atoms with Crippen LogP contribution in [-0.4, -0.2) is 23.2 Å². The van der Waals surface area contributed by atoms with Gasteiger partial charge in [-0.1, -0.05) is 19.9 Å². The molecule has 1 atom stereocenters. The summed E-state index contributed by atoms with van der Waals surface area (Å²) in [6.07, 6.45) is 4.03. The van der Waals surface area contributed by atoms with E-state index in [4.69, 9.17) is 10.5 Å². The fourth-order valence-electron chi connectivity index (χ4n) is 3.04. The molecule has 21 heavy (non-hydrogen) atoms. The van der Waals surface area contributed by atoms with Gasteiger partial charge in [-0.05, 0) is 67.8 Å². The first-order valence-electron chi connectivity index (χ1n) is 7.79. The minimum atomic E-state index is -1.13. The van der Waals surface area contributed by atoms with E-state index in [2.05, 4.69) is 6.07 Å². The van der Waals surface area contributed by atoms with Crippen molar-refractivity contribution in [1.29, 1.82) is 0 Å². The molecule has 2 rings (SSSR count). The van der Waals surface area contributed by atoms with Gasteiger partial charge >= 0.3 is 5.97 Å².